The molecule has 0 fully saturated rings. The van der Waals surface area contributed by atoms with E-state index in [1.807, 2.05) is 0 Å². The monoisotopic (exact) mass is 125 g/mol. The maximum Gasteiger partial charge on any atom is 0.220 e. The predicted molar refractivity (Wildman–Crippen MR) is 37.0 cm³/mol. The zero-order valence-electron chi connectivity index (χ0n) is 5.61. The molecule has 9 heavy (non-hydrogen) atoms. The van der Waals surface area contributed by atoms with Gasteiger partial charge in [-0.1, -0.05) is 6.58 Å². The normalized spacial score (nSPS) is 7.67. The average molecular weight is 125 g/mol. The highest BCUT2D eigenvalue weighted by Gasteiger charge is 1.91. The van der Waals surface area contributed by atoms with Crippen molar-refractivity contribution in [3.8, 4) is 0 Å². The van der Waals surface area contributed by atoms with Crippen molar-refractivity contribution in [3.63, 3.8) is 0 Å². The summed E-state index contributed by atoms with van der Waals surface area (Å²) in [6, 6.07) is 0. The van der Waals surface area contributed by atoms with Crippen LogP contribution in [-0.4, -0.2) is 13.0 Å². The molecule has 0 aliphatic carbocycles. The van der Waals surface area contributed by atoms with Crippen LogP contribution in [0.3, 0.4) is 0 Å². The lowest BCUT2D eigenvalue weighted by atomic mass is 10.3. The Morgan fingerprint density at radius 2 is 2.56 bits per heavy atom. The molecule has 0 unspecified atom stereocenters. The van der Waals surface area contributed by atoms with Crippen molar-refractivity contribution in [1.29, 1.82) is 0 Å². The molecule has 50 valence electrons. The first kappa shape index (κ1) is 7.99. The SMILES string of the molecule is C=C=CCCC(=O)NC. The van der Waals surface area contributed by atoms with E-state index in [0.29, 0.717) is 6.42 Å². The minimum atomic E-state index is 0.0569. The summed E-state index contributed by atoms with van der Waals surface area (Å²) in [4.78, 5) is 10.5. The third kappa shape index (κ3) is 4.85. The molecule has 0 aromatic heterocycles. The summed E-state index contributed by atoms with van der Waals surface area (Å²) < 4.78 is 0. The second kappa shape index (κ2) is 5.13. The minimum Gasteiger partial charge on any atom is -0.359 e. The van der Waals surface area contributed by atoms with Crippen LogP contribution in [0.2, 0.25) is 0 Å². The first-order chi connectivity index (χ1) is 4.31. The summed E-state index contributed by atoms with van der Waals surface area (Å²) in [5.41, 5.74) is 2.59. The number of carbonyl (C=O) groups excluding carboxylic acids is 1. The van der Waals surface area contributed by atoms with Crippen molar-refractivity contribution in [2.75, 3.05) is 7.05 Å². The fourth-order valence-electron chi connectivity index (χ4n) is 0.430. The third-order valence-electron chi connectivity index (χ3n) is 0.939. The van der Waals surface area contributed by atoms with Crippen LogP contribution in [-0.2, 0) is 4.79 Å². The van der Waals surface area contributed by atoms with Crippen LogP contribution in [0.4, 0.5) is 0 Å². The van der Waals surface area contributed by atoms with Crippen molar-refractivity contribution in [3.05, 3.63) is 18.4 Å². The lowest BCUT2D eigenvalue weighted by molar-refractivity contribution is -0.120. The smallest absolute Gasteiger partial charge is 0.220 e. The molecular weight excluding hydrogens is 114 g/mol. The Hall–Kier alpha value is -1.01. The number of allylic oxidation sites excluding steroid dienone is 1. The van der Waals surface area contributed by atoms with Gasteiger partial charge in [-0.3, -0.25) is 4.79 Å². The number of hydrogen-bond donors (Lipinski definition) is 1. The van der Waals surface area contributed by atoms with E-state index in [9.17, 15) is 4.79 Å². The summed E-state index contributed by atoms with van der Waals surface area (Å²) in [5.74, 6) is 0.0569. The molecule has 0 bridgehead atoms. The highest BCUT2D eigenvalue weighted by molar-refractivity contribution is 5.75. The van der Waals surface area contributed by atoms with E-state index in [4.69, 9.17) is 0 Å². The van der Waals surface area contributed by atoms with Crippen LogP contribution in [0.5, 0.6) is 0 Å². The van der Waals surface area contributed by atoms with Gasteiger partial charge in [0.25, 0.3) is 0 Å². The molecule has 0 radical (unpaired) electrons. The fourth-order valence-corrected chi connectivity index (χ4v) is 0.430. The Morgan fingerprint density at radius 1 is 1.89 bits per heavy atom. The van der Waals surface area contributed by atoms with Crippen LogP contribution in [0.15, 0.2) is 18.4 Å². The molecule has 0 aromatic carbocycles. The Bertz CT molecular complexity index is 134. The Kier molecular flexibility index (Phi) is 4.56. The maximum absolute atomic E-state index is 10.5. The molecule has 0 saturated carbocycles. The maximum atomic E-state index is 10.5. The van der Waals surface area contributed by atoms with Gasteiger partial charge in [-0.25, -0.2) is 0 Å². The van der Waals surface area contributed by atoms with Gasteiger partial charge < -0.3 is 5.32 Å². The zero-order chi connectivity index (χ0) is 7.11. The molecule has 1 N–H and O–H groups in total. The van der Waals surface area contributed by atoms with Crippen molar-refractivity contribution in [2.24, 2.45) is 0 Å². The van der Waals surface area contributed by atoms with E-state index >= 15 is 0 Å². The van der Waals surface area contributed by atoms with E-state index in [1.54, 1.807) is 13.1 Å². The van der Waals surface area contributed by atoms with Crippen LogP contribution in [0, 0.1) is 0 Å². The largest absolute Gasteiger partial charge is 0.359 e. The van der Waals surface area contributed by atoms with Crippen molar-refractivity contribution in [1.82, 2.24) is 5.32 Å². The summed E-state index contributed by atoms with van der Waals surface area (Å²) in [7, 11) is 1.62. The Labute approximate surface area is 55.3 Å². The van der Waals surface area contributed by atoms with Gasteiger partial charge in [0.15, 0.2) is 0 Å². The Morgan fingerprint density at radius 3 is 3.00 bits per heavy atom. The second-order valence-corrected chi connectivity index (χ2v) is 1.62. The van der Waals surface area contributed by atoms with Gasteiger partial charge >= 0.3 is 0 Å². The molecule has 1 amide bonds. The first-order valence-electron chi connectivity index (χ1n) is 2.86. The van der Waals surface area contributed by atoms with Gasteiger partial charge in [0.05, 0.1) is 0 Å². The number of amides is 1. The fraction of sp³-hybridized carbons (Fsp3) is 0.429. The molecule has 0 aliphatic heterocycles. The molecule has 0 spiro atoms. The minimum absolute atomic E-state index is 0.0569. The molecule has 0 heterocycles. The molecule has 2 heteroatoms. The number of carbonyl (C=O) groups is 1. The van der Waals surface area contributed by atoms with Crippen molar-refractivity contribution >= 4 is 5.91 Å². The van der Waals surface area contributed by atoms with Crippen LogP contribution in [0.25, 0.3) is 0 Å². The molecule has 0 saturated heterocycles. The molecule has 0 rings (SSSR count). The van der Waals surface area contributed by atoms with E-state index in [-0.39, 0.29) is 5.91 Å². The quantitative estimate of drug-likeness (QED) is 0.557. The standard InChI is InChI=1S/C7H11NO/c1-3-4-5-6-7(9)8-2/h4H,1,5-6H2,2H3,(H,8,9). The van der Waals surface area contributed by atoms with Crippen molar-refractivity contribution in [2.45, 2.75) is 12.8 Å². The van der Waals surface area contributed by atoms with Gasteiger partial charge in [-0.2, -0.15) is 0 Å². The average Bonchev–Trinajstić information content (AvgIpc) is 1.89. The van der Waals surface area contributed by atoms with E-state index in [0.717, 1.165) is 6.42 Å². The molecule has 0 aromatic rings. The number of rotatable bonds is 3. The first-order valence-corrected chi connectivity index (χ1v) is 2.86. The highest BCUT2D eigenvalue weighted by atomic mass is 16.1. The second-order valence-electron chi connectivity index (χ2n) is 1.62. The molecule has 2 nitrogen and oxygen atoms in total. The lowest BCUT2D eigenvalue weighted by Crippen LogP contribution is -2.16. The summed E-state index contributed by atoms with van der Waals surface area (Å²) >= 11 is 0. The molecule has 0 atom stereocenters. The number of nitrogens with one attached hydrogen (secondary N) is 1. The van der Waals surface area contributed by atoms with Gasteiger partial charge in [-0.05, 0) is 12.5 Å². The zero-order valence-corrected chi connectivity index (χ0v) is 5.61. The highest BCUT2D eigenvalue weighted by Crippen LogP contribution is 1.87. The van der Waals surface area contributed by atoms with Gasteiger partial charge in [0.2, 0.25) is 5.91 Å². The molecule has 0 aliphatic rings. The topological polar surface area (TPSA) is 29.1 Å². The third-order valence-corrected chi connectivity index (χ3v) is 0.939. The van der Waals surface area contributed by atoms with E-state index < -0.39 is 0 Å². The van der Waals surface area contributed by atoms with E-state index in [1.165, 1.54) is 0 Å². The summed E-state index contributed by atoms with van der Waals surface area (Å²) in [6.07, 6.45) is 3.00. The van der Waals surface area contributed by atoms with Crippen molar-refractivity contribution < 1.29 is 4.79 Å². The van der Waals surface area contributed by atoms with Gasteiger partial charge in [0.1, 0.15) is 0 Å². The predicted octanol–water partition coefficient (Wildman–Crippen LogP) is 0.854. The van der Waals surface area contributed by atoms with Crippen LogP contribution in [0.1, 0.15) is 12.8 Å². The van der Waals surface area contributed by atoms with Crippen LogP contribution >= 0.6 is 0 Å². The number of hydrogen-bond acceptors (Lipinski definition) is 1. The van der Waals surface area contributed by atoms with Gasteiger partial charge in [0, 0.05) is 13.5 Å². The lowest BCUT2D eigenvalue weighted by Gasteiger charge is -1.92. The van der Waals surface area contributed by atoms with E-state index in [2.05, 4.69) is 17.6 Å². The van der Waals surface area contributed by atoms with Gasteiger partial charge in [-0.15, -0.1) is 5.73 Å². The summed E-state index contributed by atoms with van der Waals surface area (Å²) in [6.45, 7) is 3.37. The Balaban J connectivity index is 3.27. The molecular formula is C7H11NO. The summed E-state index contributed by atoms with van der Waals surface area (Å²) in [5, 5.41) is 2.52. The van der Waals surface area contributed by atoms with Crippen LogP contribution < -0.4 is 5.32 Å².